The molecule has 0 saturated carbocycles. The van der Waals surface area contributed by atoms with Gasteiger partial charge in [-0.1, -0.05) is 0 Å². The monoisotopic (exact) mass is 274 g/mol. The van der Waals surface area contributed by atoms with Gasteiger partial charge in [0.2, 0.25) is 0 Å². The first-order chi connectivity index (χ1) is 7.86. The van der Waals surface area contributed by atoms with Gasteiger partial charge < -0.3 is 0 Å². The van der Waals surface area contributed by atoms with E-state index in [1.165, 1.54) is 46.0 Å². The van der Waals surface area contributed by atoms with Crippen LogP contribution >= 0.6 is 0 Å². The second-order valence-electron chi connectivity index (χ2n) is 4.32. The molecular formula is C15H14Se. The van der Waals surface area contributed by atoms with Crippen molar-refractivity contribution in [3.8, 4) is 11.1 Å². The van der Waals surface area contributed by atoms with Gasteiger partial charge in [0.25, 0.3) is 0 Å². The predicted molar refractivity (Wildman–Crippen MR) is 70.7 cm³/mol. The summed E-state index contributed by atoms with van der Waals surface area (Å²) in [4.78, 5) is 0. The van der Waals surface area contributed by atoms with Crippen molar-refractivity contribution in [2.75, 3.05) is 0 Å². The third-order valence-electron chi connectivity index (χ3n) is 3.31. The number of hydrogen-bond acceptors (Lipinski definition) is 0. The first-order valence-electron chi connectivity index (χ1n) is 5.75. The summed E-state index contributed by atoms with van der Waals surface area (Å²) in [6, 6.07) is 15.5. The number of rotatable bonds is 0. The molecule has 0 atom stereocenters. The van der Waals surface area contributed by atoms with Crippen molar-refractivity contribution in [2.24, 2.45) is 0 Å². The summed E-state index contributed by atoms with van der Waals surface area (Å²) in [7, 11) is 0. The Morgan fingerprint density at radius 2 is 1.56 bits per heavy atom. The number of benzene rings is 2. The molecule has 16 heavy (non-hydrogen) atoms. The van der Waals surface area contributed by atoms with Crippen molar-refractivity contribution in [2.45, 2.75) is 19.3 Å². The number of fused-ring (bicyclic) bond motifs is 3. The Balaban J connectivity index is 2.32. The fraction of sp³-hybridized carbons (Fsp3) is 0.200. The van der Waals surface area contributed by atoms with Gasteiger partial charge in [-0.3, -0.25) is 0 Å². The normalized spacial score (nSPS) is 13.8. The predicted octanol–water partition coefficient (Wildman–Crippen LogP) is 2.37. The zero-order chi connectivity index (χ0) is 11.0. The molecule has 2 aromatic carbocycles. The fourth-order valence-corrected chi connectivity index (χ4v) is 3.29. The molecule has 0 aromatic heterocycles. The summed E-state index contributed by atoms with van der Waals surface area (Å²) in [6.45, 7) is 0. The van der Waals surface area contributed by atoms with Crippen LogP contribution in [0, 0.1) is 0 Å². The van der Waals surface area contributed by atoms with Crippen molar-refractivity contribution >= 4 is 20.5 Å². The van der Waals surface area contributed by atoms with Crippen LogP contribution in [0.1, 0.15) is 17.5 Å². The van der Waals surface area contributed by atoms with E-state index < -0.39 is 0 Å². The Hall–Kier alpha value is -1.04. The molecule has 0 fully saturated rings. The quantitative estimate of drug-likeness (QED) is 0.646. The molecule has 0 amide bonds. The molecule has 0 bridgehead atoms. The molecule has 0 heterocycles. The van der Waals surface area contributed by atoms with Crippen LogP contribution in [0.25, 0.3) is 11.1 Å². The summed E-state index contributed by atoms with van der Waals surface area (Å²) in [6.07, 6.45) is 3.67. The van der Waals surface area contributed by atoms with Crippen molar-refractivity contribution < 1.29 is 0 Å². The van der Waals surface area contributed by atoms with Gasteiger partial charge in [-0.2, -0.15) is 0 Å². The molecule has 0 aliphatic heterocycles. The molecule has 0 unspecified atom stereocenters. The van der Waals surface area contributed by atoms with E-state index >= 15 is 0 Å². The SMILES string of the molecule is [SeH]c1cccc2c1-c1ccccc1CCC2. The summed E-state index contributed by atoms with van der Waals surface area (Å²) >= 11 is 2.71. The Kier molecular flexibility index (Phi) is 2.59. The Morgan fingerprint density at radius 1 is 0.812 bits per heavy atom. The van der Waals surface area contributed by atoms with Crippen molar-refractivity contribution in [3.63, 3.8) is 0 Å². The number of hydrogen-bond donors (Lipinski definition) is 0. The first-order valence-corrected chi connectivity index (χ1v) is 6.69. The van der Waals surface area contributed by atoms with E-state index in [1.807, 2.05) is 0 Å². The second-order valence-corrected chi connectivity index (χ2v) is 5.33. The molecular weight excluding hydrogens is 259 g/mol. The molecule has 1 aliphatic carbocycles. The number of aryl methyl sites for hydroxylation is 2. The van der Waals surface area contributed by atoms with Crippen molar-refractivity contribution in [3.05, 3.63) is 53.6 Å². The van der Waals surface area contributed by atoms with Crippen LogP contribution in [0.5, 0.6) is 0 Å². The Labute approximate surface area is 105 Å². The molecule has 0 nitrogen and oxygen atoms in total. The van der Waals surface area contributed by atoms with Crippen LogP contribution in [-0.2, 0) is 12.8 Å². The zero-order valence-corrected chi connectivity index (χ0v) is 11.0. The van der Waals surface area contributed by atoms with Crippen LogP contribution in [0.4, 0.5) is 0 Å². The van der Waals surface area contributed by atoms with E-state index in [2.05, 4.69) is 58.5 Å². The maximum atomic E-state index is 2.71. The topological polar surface area (TPSA) is 0 Å². The van der Waals surface area contributed by atoms with E-state index in [1.54, 1.807) is 0 Å². The van der Waals surface area contributed by atoms with E-state index in [4.69, 9.17) is 0 Å². The Morgan fingerprint density at radius 3 is 2.50 bits per heavy atom. The summed E-state index contributed by atoms with van der Waals surface area (Å²) in [5.74, 6) is 0. The van der Waals surface area contributed by atoms with Gasteiger partial charge in [-0.25, -0.2) is 0 Å². The maximum absolute atomic E-state index is 2.71. The van der Waals surface area contributed by atoms with Gasteiger partial charge in [0.05, 0.1) is 0 Å². The van der Waals surface area contributed by atoms with E-state index in [-0.39, 0.29) is 0 Å². The third kappa shape index (κ3) is 1.61. The second kappa shape index (κ2) is 4.08. The summed E-state index contributed by atoms with van der Waals surface area (Å²) in [5, 5.41) is 0. The third-order valence-corrected chi connectivity index (χ3v) is 4.09. The molecule has 0 radical (unpaired) electrons. The van der Waals surface area contributed by atoms with Gasteiger partial charge in [-0.05, 0) is 0 Å². The average Bonchev–Trinajstić information content (AvgIpc) is 2.49. The fourth-order valence-electron chi connectivity index (χ4n) is 2.56. The van der Waals surface area contributed by atoms with Crippen molar-refractivity contribution in [1.29, 1.82) is 0 Å². The molecule has 1 aliphatic rings. The summed E-state index contributed by atoms with van der Waals surface area (Å²) in [5.41, 5.74) is 5.89. The van der Waals surface area contributed by atoms with Crippen molar-refractivity contribution in [1.82, 2.24) is 0 Å². The van der Waals surface area contributed by atoms with Crippen LogP contribution in [-0.4, -0.2) is 16.0 Å². The molecule has 1 heteroatoms. The van der Waals surface area contributed by atoms with Crippen LogP contribution in [0.15, 0.2) is 42.5 Å². The van der Waals surface area contributed by atoms with Gasteiger partial charge in [0.15, 0.2) is 0 Å². The van der Waals surface area contributed by atoms with E-state index in [9.17, 15) is 0 Å². The molecule has 3 rings (SSSR count). The first kappa shape index (κ1) is 10.1. The molecule has 0 N–H and O–H groups in total. The van der Waals surface area contributed by atoms with Crippen LogP contribution in [0.2, 0.25) is 0 Å². The average molecular weight is 273 g/mol. The zero-order valence-electron chi connectivity index (χ0n) is 9.11. The van der Waals surface area contributed by atoms with Gasteiger partial charge >= 0.3 is 104 Å². The van der Waals surface area contributed by atoms with Gasteiger partial charge in [-0.15, -0.1) is 0 Å². The standard InChI is InChI=1S/C15H14Se/c16-14-10-4-8-12-7-3-6-11-5-1-2-9-13(11)15(12)14/h1-2,4-5,8-10,16H,3,6-7H2. The summed E-state index contributed by atoms with van der Waals surface area (Å²) < 4.78 is 1.35. The molecule has 0 spiro atoms. The Bertz CT molecular complexity index is 529. The van der Waals surface area contributed by atoms with Gasteiger partial charge in [0.1, 0.15) is 0 Å². The molecule has 2 aromatic rings. The molecule has 80 valence electrons. The van der Waals surface area contributed by atoms with E-state index in [0.29, 0.717) is 0 Å². The minimum absolute atomic E-state index is 1.20. The van der Waals surface area contributed by atoms with Gasteiger partial charge in [0, 0.05) is 0 Å². The molecule has 0 saturated heterocycles. The van der Waals surface area contributed by atoms with Crippen LogP contribution < -0.4 is 4.46 Å². The van der Waals surface area contributed by atoms with Crippen LogP contribution in [0.3, 0.4) is 0 Å². The minimum atomic E-state index is 1.20. The van der Waals surface area contributed by atoms with E-state index in [0.717, 1.165) is 0 Å².